The molecule has 0 unspecified atom stereocenters. The Bertz CT molecular complexity index is 810. The molecule has 0 spiro atoms. The fourth-order valence-electron chi connectivity index (χ4n) is 1.72. The summed E-state index contributed by atoms with van der Waals surface area (Å²) in [5.74, 6) is 0. The minimum absolute atomic E-state index is 0.195. The van der Waals surface area contributed by atoms with Crippen LogP contribution in [0.25, 0.3) is 11.0 Å². The number of nitrogens with one attached hydrogen (secondary N) is 1. The standard InChI is InChI=1S/C11H7Cl2N5O/c12-7-3-1-2-6(9(7)13)5-18-11(19)10-8(15-17-18)4-14-16-10/h1-4H,5H2,(H,14,16). The van der Waals surface area contributed by atoms with Crippen LogP contribution >= 0.6 is 23.2 Å². The van der Waals surface area contributed by atoms with Crippen LogP contribution in [-0.2, 0) is 6.54 Å². The van der Waals surface area contributed by atoms with E-state index in [1.165, 1.54) is 10.9 Å². The molecule has 0 bridgehead atoms. The van der Waals surface area contributed by atoms with Crippen molar-refractivity contribution in [2.45, 2.75) is 6.54 Å². The Labute approximate surface area is 117 Å². The highest BCUT2D eigenvalue weighted by Gasteiger charge is 2.10. The van der Waals surface area contributed by atoms with Crippen molar-refractivity contribution in [2.24, 2.45) is 0 Å². The Morgan fingerprint density at radius 2 is 2.16 bits per heavy atom. The van der Waals surface area contributed by atoms with Crippen molar-refractivity contribution in [3.8, 4) is 0 Å². The molecule has 0 aliphatic rings. The number of aromatic nitrogens is 5. The minimum atomic E-state index is -0.307. The van der Waals surface area contributed by atoms with Crippen molar-refractivity contribution < 1.29 is 0 Å². The number of hydrogen-bond acceptors (Lipinski definition) is 4. The molecular formula is C11H7Cl2N5O. The quantitative estimate of drug-likeness (QED) is 0.783. The Hall–Kier alpha value is -1.92. The first kappa shape index (κ1) is 12.1. The van der Waals surface area contributed by atoms with E-state index in [0.717, 1.165) is 0 Å². The molecule has 1 aromatic carbocycles. The van der Waals surface area contributed by atoms with Crippen LogP contribution in [0, 0.1) is 0 Å². The van der Waals surface area contributed by atoms with Crippen LogP contribution < -0.4 is 5.56 Å². The fraction of sp³-hybridized carbons (Fsp3) is 0.0909. The van der Waals surface area contributed by atoms with Crippen LogP contribution in [0.2, 0.25) is 10.0 Å². The van der Waals surface area contributed by atoms with Crippen LogP contribution in [0.15, 0.2) is 29.2 Å². The summed E-state index contributed by atoms with van der Waals surface area (Å²) in [6.07, 6.45) is 1.44. The molecule has 0 aliphatic carbocycles. The van der Waals surface area contributed by atoms with Gasteiger partial charge in [0.25, 0.3) is 5.56 Å². The highest BCUT2D eigenvalue weighted by atomic mass is 35.5. The molecule has 0 aliphatic heterocycles. The molecule has 0 saturated carbocycles. The van der Waals surface area contributed by atoms with Gasteiger partial charge in [0.1, 0.15) is 5.52 Å². The van der Waals surface area contributed by atoms with Gasteiger partial charge in [-0.15, -0.1) is 5.10 Å². The van der Waals surface area contributed by atoms with E-state index in [1.807, 2.05) is 0 Å². The summed E-state index contributed by atoms with van der Waals surface area (Å²) in [5, 5.41) is 14.9. The SMILES string of the molecule is O=c1c2[nH]ncc2nnn1Cc1cccc(Cl)c1Cl. The zero-order valence-corrected chi connectivity index (χ0v) is 11.0. The molecule has 19 heavy (non-hydrogen) atoms. The van der Waals surface area contributed by atoms with Crippen molar-refractivity contribution in [1.29, 1.82) is 0 Å². The van der Waals surface area contributed by atoms with Crippen LogP contribution in [0.5, 0.6) is 0 Å². The van der Waals surface area contributed by atoms with Gasteiger partial charge in [0.2, 0.25) is 0 Å². The van der Waals surface area contributed by atoms with Crippen molar-refractivity contribution >= 4 is 34.2 Å². The third-order valence-corrected chi connectivity index (χ3v) is 3.54. The van der Waals surface area contributed by atoms with Crippen LogP contribution in [0.3, 0.4) is 0 Å². The van der Waals surface area contributed by atoms with E-state index < -0.39 is 0 Å². The lowest BCUT2D eigenvalue weighted by Crippen LogP contribution is -2.24. The summed E-state index contributed by atoms with van der Waals surface area (Å²) in [7, 11) is 0. The fourth-order valence-corrected chi connectivity index (χ4v) is 2.10. The lowest BCUT2D eigenvalue weighted by molar-refractivity contribution is 0.600. The zero-order valence-electron chi connectivity index (χ0n) is 9.47. The van der Waals surface area contributed by atoms with E-state index in [-0.39, 0.29) is 12.1 Å². The van der Waals surface area contributed by atoms with Gasteiger partial charge < -0.3 is 0 Å². The Morgan fingerprint density at radius 1 is 1.32 bits per heavy atom. The molecule has 0 radical (unpaired) electrons. The van der Waals surface area contributed by atoms with Crippen molar-refractivity contribution in [1.82, 2.24) is 25.2 Å². The number of benzene rings is 1. The number of hydrogen-bond donors (Lipinski definition) is 1. The third kappa shape index (κ3) is 2.09. The van der Waals surface area contributed by atoms with Crippen molar-refractivity contribution in [3.05, 3.63) is 50.4 Å². The van der Waals surface area contributed by atoms with Crippen LogP contribution in [0.4, 0.5) is 0 Å². The number of nitrogens with zero attached hydrogens (tertiary/aromatic N) is 4. The number of halogens is 2. The van der Waals surface area contributed by atoms with Crippen LogP contribution in [-0.4, -0.2) is 25.2 Å². The van der Waals surface area contributed by atoms with Gasteiger partial charge in [-0.2, -0.15) is 5.10 Å². The Morgan fingerprint density at radius 3 is 3.00 bits per heavy atom. The first-order valence-electron chi connectivity index (χ1n) is 5.36. The maximum Gasteiger partial charge on any atom is 0.295 e. The van der Waals surface area contributed by atoms with E-state index in [1.54, 1.807) is 18.2 Å². The minimum Gasteiger partial charge on any atom is -0.271 e. The molecule has 96 valence electrons. The summed E-state index contributed by atoms with van der Waals surface area (Å²) >= 11 is 12.0. The maximum absolute atomic E-state index is 12.1. The molecule has 3 aromatic rings. The first-order chi connectivity index (χ1) is 9.16. The molecule has 1 N–H and O–H groups in total. The second-order valence-corrected chi connectivity index (χ2v) is 4.68. The van der Waals surface area contributed by atoms with E-state index in [2.05, 4.69) is 20.5 Å². The summed E-state index contributed by atoms with van der Waals surface area (Å²) in [5.41, 5.74) is 1.13. The molecule has 2 aromatic heterocycles. The molecule has 2 heterocycles. The normalized spacial score (nSPS) is 11.1. The number of rotatable bonds is 2. The van der Waals surface area contributed by atoms with E-state index >= 15 is 0 Å². The zero-order chi connectivity index (χ0) is 13.4. The second kappa shape index (κ2) is 4.64. The van der Waals surface area contributed by atoms with E-state index in [9.17, 15) is 4.79 Å². The molecule has 8 heteroatoms. The molecule has 0 amide bonds. The monoisotopic (exact) mass is 295 g/mol. The number of H-pyrrole nitrogens is 1. The largest absolute Gasteiger partial charge is 0.295 e. The molecule has 0 saturated heterocycles. The number of aromatic amines is 1. The topological polar surface area (TPSA) is 76.5 Å². The number of fused-ring (bicyclic) bond motifs is 1. The second-order valence-electron chi connectivity index (χ2n) is 3.90. The van der Waals surface area contributed by atoms with E-state index in [0.29, 0.717) is 26.6 Å². The smallest absolute Gasteiger partial charge is 0.271 e. The van der Waals surface area contributed by atoms with Gasteiger partial charge in [-0.05, 0) is 11.6 Å². The van der Waals surface area contributed by atoms with E-state index in [4.69, 9.17) is 23.2 Å². The first-order valence-corrected chi connectivity index (χ1v) is 6.12. The van der Waals surface area contributed by atoms with Gasteiger partial charge in [-0.1, -0.05) is 40.5 Å². The average molecular weight is 296 g/mol. The van der Waals surface area contributed by atoms with Crippen molar-refractivity contribution in [3.63, 3.8) is 0 Å². The van der Waals surface area contributed by atoms with Gasteiger partial charge in [-0.25, -0.2) is 4.68 Å². The van der Waals surface area contributed by atoms with Crippen LogP contribution in [0.1, 0.15) is 5.56 Å². The molecule has 6 nitrogen and oxygen atoms in total. The third-order valence-electron chi connectivity index (χ3n) is 2.68. The Balaban J connectivity index is 2.08. The molecule has 0 fully saturated rings. The Kier molecular flexibility index (Phi) is 2.96. The van der Waals surface area contributed by atoms with Gasteiger partial charge in [-0.3, -0.25) is 9.89 Å². The van der Waals surface area contributed by atoms with Gasteiger partial charge >= 0.3 is 0 Å². The lowest BCUT2D eigenvalue weighted by atomic mass is 10.2. The predicted octanol–water partition coefficient (Wildman–Crippen LogP) is 1.87. The summed E-state index contributed by atoms with van der Waals surface area (Å²) in [6, 6.07) is 5.22. The average Bonchev–Trinajstić information content (AvgIpc) is 2.87. The van der Waals surface area contributed by atoms with Gasteiger partial charge in [0.15, 0.2) is 5.52 Å². The predicted molar refractivity (Wildman–Crippen MR) is 71.5 cm³/mol. The molecule has 3 rings (SSSR count). The summed E-state index contributed by atoms with van der Waals surface area (Å²) in [4.78, 5) is 12.1. The van der Waals surface area contributed by atoms with Crippen molar-refractivity contribution in [2.75, 3.05) is 0 Å². The molecular weight excluding hydrogens is 289 g/mol. The maximum atomic E-state index is 12.1. The van der Waals surface area contributed by atoms with Gasteiger partial charge in [0.05, 0.1) is 22.8 Å². The highest BCUT2D eigenvalue weighted by Crippen LogP contribution is 2.25. The molecule has 0 atom stereocenters. The summed E-state index contributed by atoms with van der Waals surface area (Å²) < 4.78 is 1.21. The highest BCUT2D eigenvalue weighted by molar-refractivity contribution is 6.42. The van der Waals surface area contributed by atoms with Gasteiger partial charge in [0, 0.05) is 0 Å². The summed E-state index contributed by atoms with van der Waals surface area (Å²) in [6.45, 7) is 0.195. The lowest BCUT2D eigenvalue weighted by Gasteiger charge is -2.06.